The van der Waals surface area contributed by atoms with Crippen molar-refractivity contribution in [2.45, 2.75) is 66.5 Å². The summed E-state index contributed by atoms with van der Waals surface area (Å²) in [6, 6.07) is 1.76. The molecule has 9 nitrogen and oxygen atoms in total. The minimum atomic E-state index is -2.49. The van der Waals surface area contributed by atoms with E-state index in [0.717, 1.165) is 36.4 Å². The van der Waals surface area contributed by atoms with E-state index in [1.54, 1.807) is 0 Å². The normalized spacial score (nSPS) is 11.8. The van der Waals surface area contributed by atoms with Gasteiger partial charge in [-0.05, 0) is 74.0 Å². The molecule has 0 unspecified atom stereocenters. The molecule has 0 heterocycles. The zero-order chi connectivity index (χ0) is 26.1. The Kier molecular flexibility index (Phi) is 27.8. The second-order valence-electron chi connectivity index (χ2n) is 6.29. The van der Waals surface area contributed by atoms with Gasteiger partial charge in [-0.1, -0.05) is 21.6 Å². The fourth-order valence-electron chi connectivity index (χ4n) is 2.81. The average Bonchev–Trinajstić information content (AvgIpc) is 2.76. The smallest absolute Gasteiger partial charge is 0.465 e. The highest BCUT2D eigenvalue weighted by Gasteiger charge is 2.40. The van der Waals surface area contributed by atoms with Gasteiger partial charge in [-0.3, -0.25) is 0 Å². The van der Waals surface area contributed by atoms with Crippen molar-refractivity contribution in [3.63, 3.8) is 0 Å². The van der Waals surface area contributed by atoms with Crippen LogP contribution < -0.4 is 5.73 Å². The van der Waals surface area contributed by atoms with Crippen LogP contribution in [0.15, 0.2) is 0 Å². The third-order valence-electron chi connectivity index (χ3n) is 3.73. The summed E-state index contributed by atoms with van der Waals surface area (Å²) in [4.78, 5) is 8.78. The zero-order valence-corrected chi connectivity index (χ0v) is 26.8. The van der Waals surface area contributed by atoms with Crippen LogP contribution in [0.1, 0.15) is 54.4 Å². The van der Waals surface area contributed by atoms with Crippen LogP contribution in [0.2, 0.25) is 12.1 Å². The maximum Gasteiger partial charge on any atom is 0.500 e. The molecule has 206 valence electrons. The van der Waals surface area contributed by atoms with E-state index < -0.39 is 23.7 Å². The molecule has 1 amide bonds. The fraction of sp³-hybridized carbons (Fsp3) is 0.947. The van der Waals surface area contributed by atoms with Gasteiger partial charge in [0.2, 0.25) is 0 Å². The molecule has 0 aliphatic carbocycles. The SMILES string of the molecule is CCO[Si](CCCSSSSCCC[Si](OCC)(OCC)OCC)(OCC)OCC.NC(=O)O. The average molecular weight is 600 g/mol. The first kappa shape index (κ1) is 37.0. The van der Waals surface area contributed by atoms with Crippen molar-refractivity contribution < 1.29 is 36.5 Å². The molecule has 15 heteroatoms. The summed E-state index contributed by atoms with van der Waals surface area (Å²) in [5, 5.41) is 7.19. The van der Waals surface area contributed by atoms with Crippen molar-refractivity contribution in [1.29, 1.82) is 0 Å². The van der Waals surface area contributed by atoms with Gasteiger partial charge in [-0.15, -0.1) is 0 Å². The molecule has 0 saturated heterocycles. The van der Waals surface area contributed by atoms with Crippen molar-refractivity contribution in [2.75, 3.05) is 51.1 Å². The lowest BCUT2D eigenvalue weighted by molar-refractivity contribution is 0.0704. The van der Waals surface area contributed by atoms with E-state index >= 15 is 0 Å². The molecule has 0 saturated carbocycles. The minimum absolute atomic E-state index is 0.640. The number of amides is 1. The second kappa shape index (κ2) is 25.5. The van der Waals surface area contributed by atoms with E-state index in [-0.39, 0.29) is 0 Å². The van der Waals surface area contributed by atoms with E-state index in [0.29, 0.717) is 39.6 Å². The molecule has 0 aliphatic heterocycles. The van der Waals surface area contributed by atoms with Gasteiger partial charge in [0.1, 0.15) is 0 Å². The molecular weight excluding hydrogens is 555 g/mol. The first-order valence-electron chi connectivity index (χ1n) is 11.7. The van der Waals surface area contributed by atoms with Crippen LogP contribution >= 0.6 is 41.2 Å². The number of nitrogens with two attached hydrogens (primary N) is 1. The highest BCUT2D eigenvalue weighted by molar-refractivity contribution is 9.26. The van der Waals surface area contributed by atoms with Gasteiger partial charge >= 0.3 is 23.7 Å². The Bertz CT molecular complexity index is 404. The lowest BCUT2D eigenvalue weighted by atomic mass is 10.6. The van der Waals surface area contributed by atoms with E-state index in [1.807, 2.05) is 82.8 Å². The minimum Gasteiger partial charge on any atom is -0.465 e. The number of primary amides is 1. The van der Waals surface area contributed by atoms with E-state index in [4.69, 9.17) is 36.5 Å². The molecule has 0 radical (unpaired) electrons. The van der Waals surface area contributed by atoms with E-state index in [2.05, 4.69) is 5.73 Å². The van der Waals surface area contributed by atoms with Crippen molar-refractivity contribution in [3.05, 3.63) is 0 Å². The summed E-state index contributed by atoms with van der Waals surface area (Å²) in [6.07, 6.45) is 0.751. The Morgan fingerprint density at radius 1 is 0.647 bits per heavy atom. The van der Waals surface area contributed by atoms with Crippen molar-refractivity contribution in [1.82, 2.24) is 0 Å². The van der Waals surface area contributed by atoms with Gasteiger partial charge in [-0.2, -0.15) is 0 Å². The van der Waals surface area contributed by atoms with Gasteiger partial charge < -0.3 is 37.4 Å². The summed E-state index contributed by atoms with van der Waals surface area (Å²) < 4.78 is 35.4. The molecule has 0 bridgehead atoms. The van der Waals surface area contributed by atoms with Gasteiger partial charge in [0.15, 0.2) is 0 Å². The largest absolute Gasteiger partial charge is 0.500 e. The van der Waals surface area contributed by atoms with Crippen LogP contribution in [-0.2, 0) is 26.6 Å². The lowest BCUT2D eigenvalue weighted by Crippen LogP contribution is -2.46. The number of rotatable bonds is 23. The highest BCUT2D eigenvalue weighted by atomic mass is 33.7. The number of hydrogen-bond acceptors (Lipinski definition) is 11. The Morgan fingerprint density at radius 2 is 0.882 bits per heavy atom. The molecule has 0 aromatic carbocycles. The molecule has 0 aromatic heterocycles. The zero-order valence-electron chi connectivity index (χ0n) is 21.5. The fourth-order valence-corrected chi connectivity index (χ4v) is 14.7. The Labute approximate surface area is 223 Å². The summed E-state index contributed by atoms with van der Waals surface area (Å²) >= 11 is 0. The van der Waals surface area contributed by atoms with Crippen molar-refractivity contribution in [3.8, 4) is 0 Å². The van der Waals surface area contributed by atoms with Crippen molar-refractivity contribution >= 4 is 64.9 Å². The Hall–Kier alpha value is 0.864. The molecule has 34 heavy (non-hydrogen) atoms. The van der Waals surface area contributed by atoms with Gasteiger partial charge in [0, 0.05) is 63.2 Å². The molecule has 0 aromatic rings. The topological polar surface area (TPSA) is 119 Å². The summed E-state index contributed by atoms with van der Waals surface area (Å²) in [5.74, 6) is 2.13. The molecule has 0 atom stereocenters. The van der Waals surface area contributed by atoms with Crippen LogP contribution in [0.25, 0.3) is 0 Å². The summed E-state index contributed by atoms with van der Waals surface area (Å²) in [5.41, 5.74) is 4.03. The van der Waals surface area contributed by atoms with Crippen molar-refractivity contribution in [2.24, 2.45) is 5.73 Å². The number of carboxylic acid groups (broad SMARTS) is 1. The maximum atomic E-state index is 8.78. The monoisotopic (exact) mass is 599 g/mol. The van der Waals surface area contributed by atoms with Gasteiger partial charge in [-0.25, -0.2) is 4.79 Å². The standard InChI is InChI=1S/C18H42O6S4Si2.CH3NO2/c1-7-19-29(20-8-2,21-9-3)17-13-15-25-27-28-26-16-14-18-30(22-10-4,23-11-5)24-12-6;2-1(3)4/h7-18H2,1-6H3;2H2,(H,3,4). The van der Waals surface area contributed by atoms with E-state index in [9.17, 15) is 0 Å². The first-order chi connectivity index (χ1) is 16.3. The molecule has 0 aliphatic rings. The number of carbonyl (C=O) groups is 1. The number of hydrogen-bond donors (Lipinski definition) is 2. The van der Waals surface area contributed by atoms with Gasteiger partial charge in [0.05, 0.1) is 0 Å². The predicted octanol–water partition coefficient (Wildman–Crippen LogP) is 6.16. The molecule has 0 rings (SSSR count). The first-order valence-corrected chi connectivity index (χ1v) is 20.7. The predicted molar refractivity (Wildman–Crippen MR) is 152 cm³/mol. The second-order valence-corrected chi connectivity index (χ2v) is 18.0. The third-order valence-corrected chi connectivity index (χ3v) is 16.7. The van der Waals surface area contributed by atoms with Gasteiger partial charge in [0.25, 0.3) is 0 Å². The van der Waals surface area contributed by atoms with Crippen LogP contribution in [0.5, 0.6) is 0 Å². The molecule has 0 spiro atoms. The van der Waals surface area contributed by atoms with Crippen LogP contribution in [0.3, 0.4) is 0 Å². The Morgan fingerprint density at radius 3 is 1.09 bits per heavy atom. The maximum absolute atomic E-state index is 8.78. The molecular formula is C19H45NO8S4Si2. The summed E-state index contributed by atoms with van der Waals surface area (Å²) in [6.45, 7) is 15.8. The Balaban J connectivity index is 0. The quantitative estimate of drug-likeness (QED) is 0.0794. The molecule has 3 N–H and O–H groups in total. The van der Waals surface area contributed by atoms with Crippen LogP contribution in [0, 0.1) is 0 Å². The lowest BCUT2D eigenvalue weighted by Gasteiger charge is -2.28. The highest BCUT2D eigenvalue weighted by Crippen LogP contribution is 2.44. The van der Waals surface area contributed by atoms with Crippen LogP contribution in [-0.4, -0.2) is 80.0 Å². The summed E-state index contributed by atoms with van der Waals surface area (Å²) in [7, 11) is 2.48. The van der Waals surface area contributed by atoms with E-state index in [1.165, 1.54) is 0 Å². The molecule has 0 fully saturated rings. The third kappa shape index (κ3) is 21.0. The van der Waals surface area contributed by atoms with Crippen LogP contribution in [0.4, 0.5) is 4.79 Å².